The van der Waals surface area contributed by atoms with Crippen molar-refractivity contribution in [3.05, 3.63) is 28.8 Å². The van der Waals surface area contributed by atoms with Crippen LogP contribution in [0.3, 0.4) is 0 Å². The Bertz CT molecular complexity index is 386. The van der Waals surface area contributed by atoms with Gasteiger partial charge in [-0.05, 0) is 18.2 Å². The maximum absolute atomic E-state index is 10.4. The average Bonchev–Trinajstić information content (AvgIpc) is 2.24. The van der Waals surface area contributed by atoms with Gasteiger partial charge in [-0.25, -0.2) is 0 Å². The largest absolute Gasteiger partial charge is 0.496 e. The average molecular weight is 243 g/mol. The van der Waals surface area contributed by atoms with Crippen LogP contribution in [0.5, 0.6) is 5.75 Å². The van der Waals surface area contributed by atoms with Crippen LogP contribution in [-0.2, 0) is 10.3 Å². The smallest absolute Gasteiger partial charge is 0.125 e. The molecule has 0 radical (unpaired) electrons. The third-order valence-corrected chi connectivity index (χ3v) is 3.36. The summed E-state index contributed by atoms with van der Waals surface area (Å²) in [5.41, 5.74) is -0.118. The summed E-state index contributed by atoms with van der Waals surface area (Å²) in [5, 5.41) is 11.0. The highest BCUT2D eigenvalue weighted by Gasteiger charge is 2.46. The number of hydrogen-bond donors (Lipinski definition) is 1. The minimum absolute atomic E-state index is 0.119. The van der Waals surface area contributed by atoms with Gasteiger partial charge in [0.15, 0.2) is 0 Å². The van der Waals surface area contributed by atoms with Crippen LogP contribution >= 0.6 is 11.6 Å². The normalized spacial score (nSPS) is 28.6. The molecule has 1 fully saturated rings. The zero-order valence-electron chi connectivity index (χ0n) is 9.37. The van der Waals surface area contributed by atoms with Crippen molar-refractivity contribution in [1.82, 2.24) is 0 Å². The van der Waals surface area contributed by atoms with E-state index in [0.717, 1.165) is 5.56 Å². The van der Waals surface area contributed by atoms with Gasteiger partial charge in [0, 0.05) is 30.5 Å². The molecule has 1 aliphatic carbocycles. The quantitative estimate of drug-likeness (QED) is 0.884. The van der Waals surface area contributed by atoms with Crippen molar-refractivity contribution in [3.8, 4) is 5.75 Å². The zero-order valence-corrected chi connectivity index (χ0v) is 10.1. The number of aliphatic hydroxyl groups is 1. The number of ether oxygens (including phenoxy) is 2. The topological polar surface area (TPSA) is 38.7 Å². The van der Waals surface area contributed by atoms with Crippen molar-refractivity contribution in [2.45, 2.75) is 24.5 Å². The van der Waals surface area contributed by atoms with E-state index in [-0.39, 0.29) is 6.10 Å². The van der Waals surface area contributed by atoms with E-state index in [2.05, 4.69) is 0 Å². The first-order chi connectivity index (χ1) is 7.59. The number of methoxy groups -OCH3 is 2. The maximum atomic E-state index is 10.4. The van der Waals surface area contributed by atoms with E-state index in [0.29, 0.717) is 23.6 Å². The van der Waals surface area contributed by atoms with Crippen LogP contribution in [0.4, 0.5) is 0 Å². The van der Waals surface area contributed by atoms with Gasteiger partial charge in [-0.2, -0.15) is 0 Å². The molecule has 4 heteroatoms. The van der Waals surface area contributed by atoms with Crippen LogP contribution in [0, 0.1) is 0 Å². The minimum atomic E-state index is -0.864. The highest BCUT2D eigenvalue weighted by molar-refractivity contribution is 6.30. The Morgan fingerprint density at radius 1 is 1.38 bits per heavy atom. The highest BCUT2D eigenvalue weighted by atomic mass is 35.5. The van der Waals surface area contributed by atoms with Gasteiger partial charge in [-0.3, -0.25) is 0 Å². The fourth-order valence-electron chi connectivity index (χ4n) is 2.12. The van der Waals surface area contributed by atoms with Crippen LogP contribution in [-0.4, -0.2) is 25.4 Å². The number of benzene rings is 1. The van der Waals surface area contributed by atoms with E-state index in [9.17, 15) is 5.11 Å². The molecule has 1 N–H and O–H groups in total. The summed E-state index contributed by atoms with van der Waals surface area (Å²) in [6, 6.07) is 5.28. The first kappa shape index (κ1) is 11.7. The van der Waals surface area contributed by atoms with Gasteiger partial charge in [0.2, 0.25) is 0 Å². The Hall–Kier alpha value is -0.770. The third kappa shape index (κ3) is 1.90. The van der Waals surface area contributed by atoms with Gasteiger partial charge in [0.05, 0.1) is 18.8 Å². The minimum Gasteiger partial charge on any atom is -0.496 e. The van der Waals surface area contributed by atoms with Crippen molar-refractivity contribution >= 4 is 11.6 Å². The summed E-state index contributed by atoms with van der Waals surface area (Å²) in [4.78, 5) is 0. The molecular weight excluding hydrogens is 228 g/mol. The summed E-state index contributed by atoms with van der Waals surface area (Å²) in [7, 11) is 3.24. The molecule has 88 valence electrons. The second kappa shape index (κ2) is 4.24. The lowest BCUT2D eigenvalue weighted by Gasteiger charge is -2.43. The molecule has 0 unspecified atom stereocenters. The van der Waals surface area contributed by atoms with Crippen LogP contribution in [0.1, 0.15) is 18.4 Å². The Morgan fingerprint density at radius 2 is 2.06 bits per heavy atom. The second-order valence-corrected chi connectivity index (χ2v) is 4.58. The molecule has 0 saturated heterocycles. The van der Waals surface area contributed by atoms with E-state index < -0.39 is 5.60 Å². The third-order valence-electron chi connectivity index (χ3n) is 3.13. The number of rotatable bonds is 3. The van der Waals surface area contributed by atoms with Crippen molar-refractivity contribution in [3.63, 3.8) is 0 Å². The summed E-state index contributed by atoms with van der Waals surface area (Å²) >= 11 is 5.93. The molecule has 0 spiro atoms. The van der Waals surface area contributed by atoms with E-state index in [1.54, 1.807) is 32.4 Å². The molecule has 0 atom stereocenters. The van der Waals surface area contributed by atoms with E-state index in [1.165, 1.54) is 0 Å². The molecule has 1 saturated carbocycles. The molecule has 1 aromatic rings. The molecule has 3 nitrogen and oxygen atoms in total. The molecule has 1 aliphatic rings. The van der Waals surface area contributed by atoms with Crippen LogP contribution in [0.25, 0.3) is 0 Å². The van der Waals surface area contributed by atoms with Crippen LogP contribution in [0.15, 0.2) is 18.2 Å². The monoisotopic (exact) mass is 242 g/mol. The fourth-order valence-corrected chi connectivity index (χ4v) is 2.30. The lowest BCUT2D eigenvalue weighted by Crippen LogP contribution is -2.45. The van der Waals surface area contributed by atoms with E-state index in [1.807, 2.05) is 0 Å². The molecule has 0 aromatic heterocycles. The van der Waals surface area contributed by atoms with Gasteiger partial charge in [-0.15, -0.1) is 0 Å². The fraction of sp³-hybridized carbons (Fsp3) is 0.500. The Balaban J connectivity index is 2.29. The molecule has 16 heavy (non-hydrogen) atoms. The summed E-state index contributed by atoms with van der Waals surface area (Å²) in [6.45, 7) is 0. The summed E-state index contributed by atoms with van der Waals surface area (Å²) < 4.78 is 10.4. The maximum Gasteiger partial charge on any atom is 0.125 e. The summed E-state index contributed by atoms with van der Waals surface area (Å²) in [5.74, 6) is 0.668. The highest BCUT2D eigenvalue weighted by Crippen LogP contribution is 2.46. The first-order valence-corrected chi connectivity index (χ1v) is 5.56. The van der Waals surface area contributed by atoms with Gasteiger partial charge < -0.3 is 14.6 Å². The zero-order chi connectivity index (χ0) is 11.8. The molecule has 2 rings (SSSR count). The van der Waals surface area contributed by atoms with Crippen molar-refractivity contribution in [1.29, 1.82) is 0 Å². The number of hydrogen-bond acceptors (Lipinski definition) is 3. The standard InChI is InChI=1S/C12H15ClO3/c1-15-9-6-12(14,7-9)10-5-8(13)3-4-11(10)16-2/h3-5,9,14H,6-7H2,1-2H3. The lowest BCUT2D eigenvalue weighted by molar-refractivity contribution is -0.133. The van der Waals surface area contributed by atoms with E-state index in [4.69, 9.17) is 21.1 Å². The molecule has 1 aromatic carbocycles. The molecular formula is C12H15ClO3. The number of halogens is 1. The Labute approximate surface area is 99.9 Å². The van der Waals surface area contributed by atoms with Crippen LogP contribution in [0.2, 0.25) is 5.02 Å². The molecule has 0 amide bonds. The van der Waals surface area contributed by atoms with Crippen molar-refractivity contribution in [2.75, 3.05) is 14.2 Å². The lowest BCUT2D eigenvalue weighted by atomic mass is 9.72. The van der Waals surface area contributed by atoms with Gasteiger partial charge in [0.25, 0.3) is 0 Å². The van der Waals surface area contributed by atoms with Gasteiger partial charge in [0.1, 0.15) is 5.75 Å². The predicted octanol–water partition coefficient (Wildman–Crippen LogP) is 2.34. The molecule has 0 aliphatic heterocycles. The molecule has 0 heterocycles. The van der Waals surface area contributed by atoms with E-state index >= 15 is 0 Å². The predicted molar refractivity (Wildman–Crippen MR) is 61.9 cm³/mol. The van der Waals surface area contributed by atoms with Gasteiger partial charge >= 0.3 is 0 Å². The van der Waals surface area contributed by atoms with Crippen molar-refractivity contribution < 1.29 is 14.6 Å². The SMILES string of the molecule is COc1ccc(Cl)cc1C1(O)CC(OC)C1. The van der Waals surface area contributed by atoms with Gasteiger partial charge in [-0.1, -0.05) is 11.6 Å². The van der Waals surface area contributed by atoms with Crippen LogP contribution < -0.4 is 4.74 Å². The van der Waals surface area contributed by atoms with Crippen molar-refractivity contribution in [2.24, 2.45) is 0 Å². The first-order valence-electron chi connectivity index (χ1n) is 5.18. The molecule has 0 bridgehead atoms. The summed E-state index contributed by atoms with van der Waals surface area (Å²) in [6.07, 6.45) is 1.29. The Kier molecular flexibility index (Phi) is 3.10. The Morgan fingerprint density at radius 3 is 2.62 bits per heavy atom. The second-order valence-electron chi connectivity index (χ2n) is 4.14.